The molecule has 0 aliphatic rings. The molecule has 0 saturated carbocycles. The predicted molar refractivity (Wildman–Crippen MR) is 119 cm³/mol. The number of aromatic nitrogens is 6. The largest absolute Gasteiger partial charge is 0.384 e. The summed E-state index contributed by atoms with van der Waals surface area (Å²) in [6, 6.07) is 13.0. The SMILES string of the molecule is CC(C)Cn1nnnc1-c1ccc2c(c1)nc(Cc1ccc(C(=N)N)cc1)c(=O)n2C. The molecule has 0 bridgehead atoms. The molecule has 31 heavy (non-hydrogen) atoms. The van der Waals surface area contributed by atoms with Crippen LogP contribution in [0.4, 0.5) is 0 Å². The molecule has 4 aromatic rings. The smallest absolute Gasteiger partial charge is 0.272 e. The lowest BCUT2D eigenvalue weighted by atomic mass is 10.1. The Morgan fingerprint density at radius 2 is 1.90 bits per heavy atom. The molecule has 0 aliphatic heterocycles. The van der Waals surface area contributed by atoms with Crippen molar-refractivity contribution < 1.29 is 0 Å². The molecule has 0 radical (unpaired) electrons. The van der Waals surface area contributed by atoms with Crippen LogP contribution in [0.2, 0.25) is 0 Å². The van der Waals surface area contributed by atoms with Gasteiger partial charge in [-0.05, 0) is 40.1 Å². The summed E-state index contributed by atoms with van der Waals surface area (Å²) >= 11 is 0. The van der Waals surface area contributed by atoms with E-state index in [2.05, 4.69) is 34.4 Å². The molecule has 0 spiro atoms. The van der Waals surface area contributed by atoms with Crippen LogP contribution in [0.3, 0.4) is 0 Å². The van der Waals surface area contributed by atoms with E-state index in [9.17, 15) is 4.79 Å². The van der Waals surface area contributed by atoms with Gasteiger partial charge < -0.3 is 10.3 Å². The third-order valence-electron chi connectivity index (χ3n) is 5.11. The zero-order chi connectivity index (χ0) is 22.1. The van der Waals surface area contributed by atoms with E-state index in [0.717, 1.165) is 16.6 Å². The van der Waals surface area contributed by atoms with Crippen LogP contribution in [0.15, 0.2) is 47.3 Å². The Morgan fingerprint density at radius 3 is 2.58 bits per heavy atom. The first-order valence-corrected chi connectivity index (χ1v) is 10.0. The molecule has 0 amide bonds. The molecule has 9 nitrogen and oxygen atoms in total. The summed E-state index contributed by atoms with van der Waals surface area (Å²) in [6.45, 7) is 4.93. The van der Waals surface area contributed by atoms with Gasteiger partial charge in [0.25, 0.3) is 5.56 Å². The maximum atomic E-state index is 12.9. The van der Waals surface area contributed by atoms with Crippen LogP contribution in [0.1, 0.15) is 30.7 Å². The molecule has 2 aromatic carbocycles. The lowest BCUT2D eigenvalue weighted by molar-refractivity contribution is 0.475. The zero-order valence-corrected chi connectivity index (χ0v) is 17.7. The van der Waals surface area contributed by atoms with E-state index in [1.807, 2.05) is 30.3 Å². The molecule has 0 unspecified atom stereocenters. The van der Waals surface area contributed by atoms with Crippen molar-refractivity contribution >= 4 is 16.9 Å². The molecule has 0 atom stereocenters. The number of amidine groups is 1. The van der Waals surface area contributed by atoms with E-state index in [4.69, 9.17) is 11.1 Å². The Morgan fingerprint density at radius 1 is 1.16 bits per heavy atom. The quantitative estimate of drug-likeness (QED) is 0.366. The van der Waals surface area contributed by atoms with Gasteiger partial charge in [-0.2, -0.15) is 0 Å². The molecule has 0 saturated heterocycles. The third-order valence-corrected chi connectivity index (χ3v) is 5.11. The minimum Gasteiger partial charge on any atom is -0.384 e. The van der Waals surface area contributed by atoms with Crippen molar-refractivity contribution in [3.63, 3.8) is 0 Å². The number of benzene rings is 2. The first-order valence-electron chi connectivity index (χ1n) is 10.0. The molecule has 3 N–H and O–H groups in total. The van der Waals surface area contributed by atoms with Crippen molar-refractivity contribution in [2.45, 2.75) is 26.8 Å². The fraction of sp³-hybridized carbons (Fsp3) is 0.273. The van der Waals surface area contributed by atoms with Crippen LogP contribution < -0.4 is 11.3 Å². The normalized spacial score (nSPS) is 11.4. The number of nitrogens with two attached hydrogens (primary N) is 1. The van der Waals surface area contributed by atoms with Gasteiger partial charge >= 0.3 is 0 Å². The Labute approximate surface area is 179 Å². The molecule has 158 valence electrons. The van der Waals surface area contributed by atoms with Crippen molar-refractivity contribution in [1.82, 2.24) is 29.8 Å². The second kappa shape index (κ2) is 8.10. The van der Waals surface area contributed by atoms with Crippen LogP contribution >= 0.6 is 0 Å². The number of aryl methyl sites for hydroxylation is 1. The highest BCUT2D eigenvalue weighted by molar-refractivity contribution is 5.94. The highest BCUT2D eigenvalue weighted by atomic mass is 16.1. The summed E-state index contributed by atoms with van der Waals surface area (Å²) < 4.78 is 3.40. The molecule has 2 aromatic heterocycles. The number of tetrazole rings is 1. The van der Waals surface area contributed by atoms with Crippen LogP contribution in [-0.4, -0.2) is 35.6 Å². The van der Waals surface area contributed by atoms with Gasteiger partial charge in [0.05, 0.1) is 11.0 Å². The van der Waals surface area contributed by atoms with E-state index in [1.54, 1.807) is 28.4 Å². The van der Waals surface area contributed by atoms with E-state index < -0.39 is 0 Å². The first-order chi connectivity index (χ1) is 14.8. The Kier molecular flexibility index (Phi) is 5.33. The molecular formula is C22H24N8O. The van der Waals surface area contributed by atoms with Gasteiger partial charge in [0.2, 0.25) is 0 Å². The lowest BCUT2D eigenvalue weighted by Gasteiger charge is -2.11. The second-order valence-corrected chi connectivity index (χ2v) is 7.99. The van der Waals surface area contributed by atoms with Crippen molar-refractivity contribution in [1.29, 1.82) is 5.41 Å². The standard InChI is InChI=1S/C22H24N8O/c1-13(2)12-30-21(26-27-28-30)16-8-9-19-17(11-16)25-18(22(31)29(19)3)10-14-4-6-15(7-5-14)20(23)24/h4-9,11,13H,10,12H2,1-3H3,(H3,23,24). The van der Waals surface area contributed by atoms with E-state index in [-0.39, 0.29) is 11.4 Å². The van der Waals surface area contributed by atoms with Gasteiger partial charge in [0.1, 0.15) is 11.5 Å². The predicted octanol–water partition coefficient (Wildman–Crippen LogP) is 2.12. The average molecular weight is 416 g/mol. The maximum absolute atomic E-state index is 12.9. The Balaban J connectivity index is 1.74. The highest BCUT2D eigenvalue weighted by Crippen LogP contribution is 2.22. The summed E-state index contributed by atoms with van der Waals surface area (Å²) in [7, 11) is 1.75. The van der Waals surface area contributed by atoms with Gasteiger partial charge in [-0.25, -0.2) is 9.67 Å². The Bertz CT molecular complexity index is 1320. The highest BCUT2D eigenvalue weighted by Gasteiger charge is 2.14. The van der Waals surface area contributed by atoms with Crippen LogP contribution in [-0.2, 0) is 20.0 Å². The molecule has 9 heteroatoms. The van der Waals surface area contributed by atoms with E-state index in [1.165, 1.54) is 0 Å². The monoisotopic (exact) mass is 416 g/mol. The van der Waals surface area contributed by atoms with Gasteiger partial charge in [0, 0.05) is 31.1 Å². The lowest BCUT2D eigenvalue weighted by Crippen LogP contribution is -2.23. The van der Waals surface area contributed by atoms with Crippen molar-refractivity contribution in [2.24, 2.45) is 18.7 Å². The number of nitrogen functional groups attached to an aromatic ring is 1. The number of fused-ring (bicyclic) bond motifs is 1. The number of nitrogens with one attached hydrogen (secondary N) is 1. The number of hydrogen-bond acceptors (Lipinski definition) is 6. The van der Waals surface area contributed by atoms with E-state index in [0.29, 0.717) is 41.5 Å². The maximum Gasteiger partial charge on any atom is 0.272 e. The van der Waals surface area contributed by atoms with Crippen molar-refractivity contribution in [2.75, 3.05) is 0 Å². The van der Waals surface area contributed by atoms with Crippen LogP contribution in [0.5, 0.6) is 0 Å². The third kappa shape index (κ3) is 4.07. The molecule has 4 rings (SSSR count). The zero-order valence-electron chi connectivity index (χ0n) is 17.7. The van der Waals surface area contributed by atoms with Gasteiger partial charge in [-0.15, -0.1) is 5.10 Å². The minimum atomic E-state index is -0.138. The van der Waals surface area contributed by atoms with Crippen molar-refractivity contribution in [3.05, 3.63) is 69.6 Å². The second-order valence-electron chi connectivity index (χ2n) is 7.99. The molecule has 0 fully saturated rings. The number of rotatable bonds is 6. The van der Waals surface area contributed by atoms with E-state index >= 15 is 0 Å². The minimum absolute atomic E-state index is 0.0126. The van der Waals surface area contributed by atoms with Gasteiger partial charge in [-0.3, -0.25) is 10.2 Å². The summed E-state index contributed by atoms with van der Waals surface area (Å²) in [6.07, 6.45) is 0.385. The number of hydrogen-bond donors (Lipinski definition) is 2. The summed E-state index contributed by atoms with van der Waals surface area (Å²) in [5.74, 6) is 1.09. The Hall–Kier alpha value is -3.88. The summed E-state index contributed by atoms with van der Waals surface area (Å²) in [5, 5.41) is 19.6. The molecule has 2 heterocycles. The van der Waals surface area contributed by atoms with Crippen LogP contribution in [0, 0.1) is 11.3 Å². The van der Waals surface area contributed by atoms with Gasteiger partial charge in [0.15, 0.2) is 5.82 Å². The fourth-order valence-electron chi connectivity index (χ4n) is 3.52. The molecule has 0 aliphatic carbocycles. The topological polar surface area (TPSA) is 128 Å². The van der Waals surface area contributed by atoms with Crippen molar-refractivity contribution in [3.8, 4) is 11.4 Å². The molecular weight excluding hydrogens is 392 g/mol. The summed E-state index contributed by atoms with van der Waals surface area (Å²) in [5.41, 5.74) is 9.69. The number of nitrogens with zero attached hydrogens (tertiary/aromatic N) is 6. The van der Waals surface area contributed by atoms with Gasteiger partial charge in [-0.1, -0.05) is 38.1 Å². The summed E-state index contributed by atoms with van der Waals surface area (Å²) in [4.78, 5) is 17.5. The fourth-order valence-corrected chi connectivity index (χ4v) is 3.52. The average Bonchev–Trinajstić information content (AvgIpc) is 3.19. The first kappa shape index (κ1) is 20.4. The van der Waals surface area contributed by atoms with Crippen LogP contribution in [0.25, 0.3) is 22.4 Å².